The van der Waals surface area contributed by atoms with E-state index in [-0.39, 0.29) is 0 Å². The van der Waals surface area contributed by atoms with Crippen LogP contribution in [0.15, 0.2) is 0 Å². The molecule has 1 aliphatic heterocycles. The van der Waals surface area contributed by atoms with Gasteiger partial charge >= 0.3 is 0 Å². The third kappa shape index (κ3) is 1.06. The van der Waals surface area contributed by atoms with E-state index in [1.165, 1.54) is 32.4 Å². The van der Waals surface area contributed by atoms with E-state index >= 15 is 0 Å². The summed E-state index contributed by atoms with van der Waals surface area (Å²) in [5, 5.41) is 3.42. The Labute approximate surface area is 62.2 Å². The number of hydrogen-bond donors (Lipinski definition) is 2. The van der Waals surface area contributed by atoms with Crippen LogP contribution in [-0.4, -0.2) is 19.1 Å². The van der Waals surface area contributed by atoms with Crippen molar-refractivity contribution in [1.29, 1.82) is 0 Å². The van der Waals surface area contributed by atoms with Crippen LogP contribution >= 0.6 is 0 Å². The van der Waals surface area contributed by atoms with Crippen molar-refractivity contribution in [3.63, 3.8) is 0 Å². The molecule has 0 amide bonds. The van der Waals surface area contributed by atoms with Crippen molar-refractivity contribution < 1.29 is 0 Å². The second-order valence-corrected chi connectivity index (χ2v) is 3.74. The molecule has 1 saturated heterocycles. The predicted octanol–water partition coefficient (Wildman–Crippen LogP) is 0.333. The lowest BCUT2D eigenvalue weighted by molar-refractivity contribution is 0.295. The van der Waals surface area contributed by atoms with Crippen molar-refractivity contribution in [3.05, 3.63) is 0 Å². The topological polar surface area (TPSA) is 38.0 Å². The Kier molecular flexibility index (Phi) is 1.66. The van der Waals surface area contributed by atoms with E-state index in [1.807, 2.05) is 0 Å². The SMILES string of the molecule is N[C@@H]1C[C@H]2CNCC[C@H]2C1. The lowest BCUT2D eigenvalue weighted by atomic mass is 9.90. The van der Waals surface area contributed by atoms with E-state index in [9.17, 15) is 0 Å². The molecule has 0 radical (unpaired) electrons. The van der Waals surface area contributed by atoms with E-state index in [0.29, 0.717) is 6.04 Å². The van der Waals surface area contributed by atoms with Gasteiger partial charge in [-0.15, -0.1) is 0 Å². The standard InChI is InChI=1S/C8H16N2/c9-8-3-6-1-2-10-5-7(6)4-8/h6-8,10H,1-5,9H2/t6-,7-,8-/m0/s1. The number of nitrogens with one attached hydrogen (secondary N) is 1. The molecule has 0 unspecified atom stereocenters. The minimum absolute atomic E-state index is 0.509. The molecule has 2 fully saturated rings. The first-order valence-electron chi connectivity index (χ1n) is 4.32. The molecule has 1 heterocycles. The van der Waals surface area contributed by atoms with Gasteiger partial charge in [-0.1, -0.05) is 0 Å². The second-order valence-electron chi connectivity index (χ2n) is 3.74. The summed E-state index contributed by atoms with van der Waals surface area (Å²) >= 11 is 0. The van der Waals surface area contributed by atoms with Crippen molar-refractivity contribution >= 4 is 0 Å². The highest BCUT2D eigenvalue weighted by Gasteiger charge is 2.33. The monoisotopic (exact) mass is 140 g/mol. The first-order chi connectivity index (χ1) is 4.86. The van der Waals surface area contributed by atoms with E-state index < -0.39 is 0 Å². The lowest BCUT2D eigenvalue weighted by Gasteiger charge is -2.25. The molecule has 0 aromatic rings. The fraction of sp³-hybridized carbons (Fsp3) is 1.00. The summed E-state index contributed by atoms with van der Waals surface area (Å²) in [5.41, 5.74) is 5.87. The Bertz CT molecular complexity index is 110. The molecule has 2 aliphatic rings. The molecular weight excluding hydrogens is 124 g/mol. The maximum absolute atomic E-state index is 5.87. The first kappa shape index (κ1) is 6.62. The Hall–Kier alpha value is -0.0800. The predicted molar refractivity (Wildman–Crippen MR) is 41.7 cm³/mol. The van der Waals surface area contributed by atoms with Gasteiger partial charge in [0.2, 0.25) is 0 Å². The van der Waals surface area contributed by atoms with Crippen LogP contribution in [-0.2, 0) is 0 Å². The van der Waals surface area contributed by atoms with Gasteiger partial charge in [0, 0.05) is 6.04 Å². The number of hydrogen-bond acceptors (Lipinski definition) is 2. The highest BCUT2D eigenvalue weighted by Crippen LogP contribution is 2.34. The summed E-state index contributed by atoms with van der Waals surface area (Å²) in [6, 6.07) is 0.509. The lowest BCUT2D eigenvalue weighted by Crippen LogP contribution is -2.33. The van der Waals surface area contributed by atoms with Gasteiger partial charge in [0.25, 0.3) is 0 Å². The van der Waals surface area contributed by atoms with E-state index in [0.717, 1.165) is 11.8 Å². The van der Waals surface area contributed by atoms with Crippen LogP contribution in [0.4, 0.5) is 0 Å². The summed E-state index contributed by atoms with van der Waals surface area (Å²) < 4.78 is 0. The summed E-state index contributed by atoms with van der Waals surface area (Å²) in [7, 11) is 0. The van der Waals surface area contributed by atoms with Crippen LogP contribution < -0.4 is 11.1 Å². The largest absolute Gasteiger partial charge is 0.328 e. The Morgan fingerprint density at radius 2 is 2.00 bits per heavy atom. The summed E-state index contributed by atoms with van der Waals surface area (Å²) in [6.45, 7) is 2.44. The third-order valence-corrected chi connectivity index (χ3v) is 2.98. The van der Waals surface area contributed by atoms with Gasteiger partial charge in [-0.2, -0.15) is 0 Å². The number of nitrogens with two attached hydrogens (primary N) is 1. The second kappa shape index (κ2) is 2.51. The molecule has 0 spiro atoms. The van der Waals surface area contributed by atoms with Gasteiger partial charge in [-0.3, -0.25) is 0 Å². The zero-order chi connectivity index (χ0) is 6.97. The maximum Gasteiger partial charge on any atom is 0.00448 e. The van der Waals surface area contributed by atoms with Gasteiger partial charge in [0.15, 0.2) is 0 Å². The quantitative estimate of drug-likeness (QED) is 0.509. The molecule has 2 rings (SSSR count). The van der Waals surface area contributed by atoms with Crippen LogP contribution in [0.5, 0.6) is 0 Å². The highest BCUT2D eigenvalue weighted by atomic mass is 14.9. The molecule has 1 saturated carbocycles. The molecule has 2 heteroatoms. The van der Waals surface area contributed by atoms with Crippen LogP contribution in [0.1, 0.15) is 19.3 Å². The average Bonchev–Trinajstić information content (AvgIpc) is 2.27. The maximum atomic E-state index is 5.87. The van der Waals surface area contributed by atoms with Crippen molar-refractivity contribution in [2.75, 3.05) is 13.1 Å². The van der Waals surface area contributed by atoms with Gasteiger partial charge in [-0.05, 0) is 44.2 Å². The Morgan fingerprint density at radius 1 is 1.20 bits per heavy atom. The van der Waals surface area contributed by atoms with Crippen molar-refractivity contribution in [3.8, 4) is 0 Å². The van der Waals surface area contributed by atoms with E-state index in [2.05, 4.69) is 5.32 Å². The van der Waals surface area contributed by atoms with Crippen LogP contribution in [0, 0.1) is 11.8 Å². The summed E-state index contributed by atoms with van der Waals surface area (Å²) in [5.74, 6) is 1.86. The smallest absolute Gasteiger partial charge is 0.00448 e. The molecule has 0 bridgehead atoms. The third-order valence-electron chi connectivity index (χ3n) is 2.98. The summed E-state index contributed by atoms with van der Waals surface area (Å²) in [4.78, 5) is 0. The van der Waals surface area contributed by atoms with Gasteiger partial charge in [0.05, 0.1) is 0 Å². The number of rotatable bonds is 0. The average molecular weight is 140 g/mol. The van der Waals surface area contributed by atoms with E-state index in [1.54, 1.807) is 0 Å². The molecular formula is C8H16N2. The van der Waals surface area contributed by atoms with Crippen molar-refractivity contribution in [1.82, 2.24) is 5.32 Å². The molecule has 0 aromatic carbocycles. The minimum Gasteiger partial charge on any atom is -0.328 e. The fourth-order valence-electron chi connectivity index (χ4n) is 2.44. The molecule has 3 atom stereocenters. The number of piperidine rings is 1. The molecule has 0 aromatic heterocycles. The fourth-order valence-corrected chi connectivity index (χ4v) is 2.44. The van der Waals surface area contributed by atoms with Gasteiger partial charge < -0.3 is 11.1 Å². The molecule has 1 aliphatic carbocycles. The van der Waals surface area contributed by atoms with E-state index in [4.69, 9.17) is 5.73 Å². The van der Waals surface area contributed by atoms with Crippen LogP contribution in [0.3, 0.4) is 0 Å². The molecule has 2 nitrogen and oxygen atoms in total. The minimum atomic E-state index is 0.509. The Morgan fingerprint density at radius 3 is 2.80 bits per heavy atom. The van der Waals surface area contributed by atoms with Crippen molar-refractivity contribution in [2.45, 2.75) is 25.3 Å². The molecule has 58 valence electrons. The van der Waals surface area contributed by atoms with Crippen molar-refractivity contribution in [2.24, 2.45) is 17.6 Å². The zero-order valence-electron chi connectivity index (χ0n) is 6.34. The Balaban J connectivity index is 1.97. The first-order valence-corrected chi connectivity index (χ1v) is 4.32. The highest BCUT2D eigenvalue weighted by molar-refractivity contribution is 4.89. The normalized spacial score (nSPS) is 47.1. The molecule has 3 N–H and O–H groups in total. The zero-order valence-corrected chi connectivity index (χ0v) is 6.34. The van der Waals surface area contributed by atoms with Crippen LogP contribution in [0.2, 0.25) is 0 Å². The molecule has 10 heavy (non-hydrogen) atoms. The van der Waals surface area contributed by atoms with Gasteiger partial charge in [-0.25, -0.2) is 0 Å². The van der Waals surface area contributed by atoms with Gasteiger partial charge in [0.1, 0.15) is 0 Å². The van der Waals surface area contributed by atoms with Crippen LogP contribution in [0.25, 0.3) is 0 Å². The summed E-state index contributed by atoms with van der Waals surface area (Å²) in [6.07, 6.45) is 3.91. The number of fused-ring (bicyclic) bond motifs is 1.